The molecule has 1 aliphatic carbocycles. The van der Waals surface area contributed by atoms with Crippen LogP contribution >= 0.6 is 0 Å². The molecule has 1 atom stereocenters. The fraction of sp³-hybridized carbons (Fsp3) is 0.429. The van der Waals surface area contributed by atoms with Crippen LogP contribution in [0.25, 0.3) is 0 Å². The molecule has 6 heteroatoms. The molecule has 0 fully saturated rings. The van der Waals surface area contributed by atoms with Crippen molar-refractivity contribution in [2.45, 2.75) is 52.1 Å². The Balaban J connectivity index is 1.96. The van der Waals surface area contributed by atoms with Crippen molar-refractivity contribution in [2.24, 2.45) is 0 Å². The van der Waals surface area contributed by atoms with Gasteiger partial charge in [0, 0.05) is 36.0 Å². The van der Waals surface area contributed by atoms with Gasteiger partial charge < -0.3 is 15.0 Å². The fourth-order valence-electron chi connectivity index (χ4n) is 3.72. The number of rotatable bonds is 6. The molecule has 2 N–H and O–H groups in total. The summed E-state index contributed by atoms with van der Waals surface area (Å²) < 4.78 is 15.3. The van der Waals surface area contributed by atoms with Gasteiger partial charge in [0.15, 0.2) is 5.78 Å². The molecule has 1 aliphatic rings. The molecule has 1 heterocycles. The molecular formula is C21H25FN2O3. The molecule has 0 bridgehead atoms. The predicted octanol–water partition coefficient (Wildman–Crippen LogP) is 2.54. The molecule has 0 saturated heterocycles. The molecule has 1 aromatic carbocycles. The highest BCUT2D eigenvalue weighted by atomic mass is 19.1. The largest absolute Gasteiger partial charge is 0.394 e. The Morgan fingerprint density at radius 2 is 2.00 bits per heavy atom. The summed E-state index contributed by atoms with van der Waals surface area (Å²) in [5.74, 6) is -0.412. The van der Waals surface area contributed by atoms with Gasteiger partial charge >= 0.3 is 0 Å². The number of hydrogen-bond donors (Lipinski definition) is 2. The monoisotopic (exact) mass is 372 g/mol. The quantitative estimate of drug-likeness (QED) is 0.819. The number of halogens is 1. The van der Waals surface area contributed by atoms with Crippen LogP contribution in [-0.4, -0.2) is 34.0 Å². The molecule has 27 heavy (non-hydrogen) atoms. The van der Waals surface area contributed by atoms with E-state index >= 15 is 0 Å². The Morgan fingerprint density at radius 1 is 1.30 bits per heavy atom. The van der Waals surface area contributed by atoms with Crippen LogP contribution in [0.3, 0.4) is 0 Å². The normalized spacial score (nSPS) is 14.7. The summed E-state index contributed by atoms with van der Waals surface area (Å²) in [6, 6.07) is 6.00. The second-order valence-corrected chi connectivity index (χ2v) is 7.20. The van der Waals surface area contributed by atoms with Gasteiger partial charge in [0.25, 0.3) is 0 Å². The first-order valence-electron chi connectivity index (χ1n) is 9.29. The molecule has 2 aromatic rings. The van der Waals surface area contributed by atoms with E-state index in [9.17, 15) is 14.0 Å². The van der Waals surface area contributed by atoms with E-state index in [2.05, 4.69) is 9.88 Å². The number of hydrogen-bond acceptors (Lipinski definition) is 3. The van der Waals surface area contributed by atoms with Gasteiger partial charge in [-0.2, -0.15) is 0 Å². The summed E-state index contributed by atoms with van der Waals surface area (Å²) in [5, 5.41) is 11.9. The van der Waals surface area contributed by atoms with Crippen molar-refractivity contribution < 1.29 is 19.1 Å². The number of benzene rings is 1. The van der Waals surface area contributed by atoms with Gasteiger partial charge in [0.05, 0.1) is 13.0 Å². The lowest BCUT2D eigenvalue weighted by Gasteiger charge is -2.16. The summed E-state index contributed by atoms with van der Waals surface area (Å²) in [5.41, 5.74) is 4.24. The third kappa shape index (κ3) is 4.11. The first-order valence-corrected chi connectivity index (χ1v) is 9.29. The van der Waals surface area contributed by atoms with Crippen LogP contribution in [0, 0.1) is 12.7 Å². The molecule has 0 aliphatic heterocycles. The Morgan fingerprint density at radius 3 is 2.67 bits per heavy atom. The number of carbonyl (C=O) groups is 2. The Bertz CT molecular complexity index is 855. The molecule has 1 aromatic heterocycles. The Labute approximate surface area is 158 Å². The number of carbonyl (C=O) groups excluding carboxylic acids is 2. The number of nitrogens with zero attached hydrogens (tertiary/aromatic N) is 1. The van der Waals surface area contributed by atoms with E-state index in [1.165, 1.54) is 12.1 Å². The Kier molecular flexibility index (Phi) is 5.75. The predicted molar refractivity (Wildman–Crippen MR) is 100 cm³/mol. The molecule has 5 nitrogen and oxygen atoms in total. The SMILES string of the molecule is Cc1c(CC(=O)NC(C)CO)c2c(n1Cc1ccc(F)cc1)CCCC2=O. The Hall–Kier alpha value is -2.47. The van der Waals surface area contributed by atoms with Crippen molar-refractivity contribution in [3.63, 3.8) is 0 Å². The van der Waals surface area contributed by atoms with Crippen molar-refractivity contribution in [3.8, 4) is 0 Å². The van der Waals surface area contributed by atoms with Gasteiger partial charge in [-0.25, -0.2) is 4.39 Å². The van der Waals surface area contributed by atoms with Gasteiger partial charge in [-0.15, -0.1) is 0 Å². The zero-order valence-electron chi connectivity index (χ0n) is 15.7. The average molecular weight is 372 g/mol. The van der Waals surface area contributed by atoms with Gasteiger partial charge in [-0.05, 0) is 49.9 Å². The minimum atomic E-state index is -0.328. The molecular weight excluding hydrogens is 347 g/mol. The summed E-state index contributed by atoms with van der Waals surface area (Å²) in [7, 11) is 0. The number of aliphatic hydroxyl groups is 1. The summed E-state index contributed by atoms with van der Waals surface area (Å²) in [6.45, 7) is 4.06. The van der Waals surface area contributed by atoms with Gasteiger partial charge in [0.2, 0.25) is 5.91 Å². The van der Waals surface area contributed by atoms with Gasteiger partial charge in [-0.1, -0.05) is 12.1 Å². The van der Waals surface area contributed by atoms with Crippen molar-refractivity contribution >= 4 is 11.7 Å². The molecule has 144 valence electrons. The van der Waals surface area contributed by atoms with E-state index in [1.807, 2.05) is 6.92 Å². The van der Waals surface area contributed by atoms with Crippen LogP contribution in [0.2, 0.25) is 0 Å². The lowest BCUT2D eigenvalue weighted by atomic mass is 9.92. The van der Waals surface area contributed by atoms with Crippen molar-refractivity contribution in [1.29, 1.82) is 0 Å². The van der Waals surface area contributed by atoms with E-state index in [1.54, 1.807) is 19.1 Å². The van der Waals surface area contributed by atoms with Crippen LogP contribution in [0.4, 0.5) is 4.39 Å². The van der Waals surface area contributed by atoms with E-state index in [0.717, 1.165) is 35.4 Å². The van der Waals surface area contributed by atoms with E-state index in [0.29, 0.717) is 18.5 Å². The minimum Gasteiger partial charge on any atom is -0.394 e. The zero-order valence-corrected chi connectivity index (χ0v) is 15.7. The summed E-state index contributed by atoms with van der Waals surface area (Å²) >= 11 is 0. The third-order valence-corrected chi connectivity index (χ3v) is 5.13. The second-order valence-electron chi connectivity index (χ2n) is 7.20. The first-order chi connectivity index (χ1) is 12.9. The van der Waals surface area contributed by atoms with E-state index < -0.39 is 0 Å². The summed E-state index contributed by atoms with van der Waals surface area (Å²) in [4.78, 5) is 24.9. The molecule has 1 amide bonds. The number of aromatic nitrogens is 1. The van der Waals surface area contributed by atoms with Crippen LogP contribution in [0.15, 0.2) is 24.3 Å². The maximum absolute atomic E-state index is 13.2. The van der Waals surface area contributed by atoms with Crippen molar-refractivity contribution in [1.82, 2.24) is 9.88 Å². The topological polar surface area (TPSA) is 71.3 Å². The maximum Gasteiger partial charge on any atom is 0.224 e. The van der Waals surface area contributed by atoms with Crippen LogP contribution in [-0.2, 0) is 24.2 Å². The van der Waals surface area contributed by atoms with E-state index in [-0.39, 0.29) is 36.6 Å². The second kappa shape index (κ2) is 8.05. The molecule has 3 rings (SSSR count). The smallest absolute Gasteiger partial charge is 0.224 e. The van der Waals surface area contributed by atoms with Crippen LogP contribution in [0.5, 0.6) is 0 Å². The van der Waals surface area contributed by atoms with E-state index in [4.69, 9.17) is 5.11 Å². The highest BCUT2D eigenvalue weighted by Crippen LogP contribution is 2.31. The molecule has 0 spiro atoms. The average Bonchev–Trinajstić information content (AvgIpc) is 2.90. The first kappa shape index (κ1) is 19.3. The van der Waals surface area contributed by atoms with Crippen molar-refractivity contribution in [3.05, 3.63) is 58.2 Å². The lowest BCUT2D eigenvalue weighted by Crippen LogP contribution is -2.36. The van der Waals surface area contributed by atoms with Gasteiger partial charge in [0.1, 0.15) is 5.82 Å². The molecule has 0 saturated carbocycles. The zero-order chi connectivity index (χ0) is 19.6. The summed E-state index contributed by atoms with van der Waals surface area (Å²) in [6.07, 6.45) is 2.19. The van der Waals surface area contributed by atoms with Crippen LogP contribution in [0.1, 0.15) is 52.6 Å². The van der Waals surface area contributed by atoms with Crippen LogP contribution < -0.4 is 5.32 Å². The molecule has 0 radical (unpaired) electrons. The molecule has 1 unspecified atom stereocenters. The number of nitrogens with one attached hydrogen (secondary N) is 1. The van der Waals surface area contributed by atoms with Gasteiger partial charge in [-0.3, -0.25) is 9.59 Å². The lowest BCUT2D eigenvalue weighted by molar-refractivity contribution is -0.121. The number of Topliss-reactive ketones (excluding diaryl/α,β-unsaturated/α-hetero) is 1. The third-order valence-electron chi connectivity index (χ3n) is 5.13. The minimum absolute atomic E-state index is 0.0789. The maximum atomic E-state index is 13.2. The highest BCUT2D eigenvalue weighted by Gasteiger charge is 2.29. The van der Waals surface area contributed by atoms with Crippen molar-refractivity contribution in [2.75, 3.05) is 6.61 Å². The standard InChI is InChI=1S/C21H25FN2O3/c1-13(12-25)23-20(27)10-17-14(2)24(11-15-6-8-16(22)9-7-15)18-4-3-5-19(26)21(17)18/h6-9,13,25H,3-5,10-12H2,1-2H3,(H,23,27). The number of aliphatic hydroxyl groups excluding tert-OH is 1. The number of amides is 1. The number of ketones is 1. The number of fused-ring (bicyclic) bond motifs is 1. The highest BCUT2D eigenvalue weighted by molar-refractivity contribution is 6.01. The fourth-order valence-corrected chi connectivity index (χ4v) is 3.72.